The number of carbonyl (C=O) groups is 2. The van der Waals surface area contributed by atoms with Crippen molar-refractivity contribution in [2.45, 2.75) is 25.8 Å². The van der Waals surface area contributed by atoms with E-state index in [1.54, 1.807) is 11.4 Å². The number of aliphatic hydroxyl groups excluding tert-OH is 1. The molecule has 0 fully saturated rings. The average Bonchev–Trinajstić information content (AvgIpc) is 2.89. The minimum atomic E-state index is -0.204. The van der Waals surface area contributed by atoms with Crippen LogP contribution in [0.2, 0.25) is 0 Å². The summed E-state index contributed by atoms with van der Waals surface area (Å²) in [6.45, 7) is 2.12. The highest BCUT2D eigenvalue weighted by molar-refractivity contribution is 7.08. The summed E-state index contributed by atoms with van der Waals surface area (Å²) in [5, 5.41) is 17.9. The van der Waals surface area contributed by atoms with Crippen LogP contribution in [0.15, 0.2) is 16.8 Å². The van der Waals surface area contributed by atoms with Crippen molar-refractivity contribution >= 4 is 23.2 Å². The number of carbonyl (C=O) groups excluding carboxylic acids is 2. The first-order chi connectivity index (χ1) is 8.67. The van der Waals surface area contributed by atoms with Gasteiger partial charge < -0.3 is 15.7 Å². The Morgan fingerprint density at radius 1 is 1.50 bits per heavy atom. The van der Waals surface area contributed by atoms with E-state index >= 15 is 0 Å². The van der Waals surface area contributed by atoms with Crippen molar-refractivity contribution in [1.82, 2.24) is 10.6 Å². The molecule has 6 heteroatoms. The second-order valence-electron chi connectivity index (χ2n) is 3.87. The molecule has 5 nitrogen and oxygen atoms in total. The Morgan fingerprint density at radius 3 is 2.83 bits per heavy atom. The van der Waals surface area contributed by atoms with Gasteiger partial charge in [-0.2, -0.15) is 11.3 Å². The Morgan fingerprint density at radius 2 is 2.28 bits per heavy atom. The van der Waals surface area contributed by atoms with E-state index in [1.165, 1.54) is 11.3 Å². The predicted octanol–water partition coefficient (Wildman–Crippen LogP) is 0.755. The van der Waals surface area contributed by atoms with Gasteiger partial charge in [-0.15, -0.1) is 0 Å². The van der Waals surface area contributed by atoms with Gasteiger partial charge in [0.2, 0.25) is 5.91 Å². The number of rotatable bonds is 7. The third-order valence-electron chi connectivity index (χ3n) is 2.50. The lowest BCUT2D eigenvalue weighted by Gasteiger charge is -2.13. The van der Waals surface area contributed by atoms with E-state index in [9.17, 15) is 9.59 Å². The maximum absolute atomic E-state index is 11.5. The van der Waals surface area contributed by atoms with Crippen LogP contribution in [-0.4, -0.2) is 36.1 Å². The lowest BCUT2D eigenvalue weighted by molar-refractivity contribution is -0.122. The van der Waals surface area contributed by atoms with Gasteiger partial charge in [-0.05, 0) is 17.9 Å². The summed E-state index contributed by atoms with van der Waals surface area (Å²) in [5.74, 6) is -0.334. The van der Waals surface area contributed by atoms with Crippen LogP contribution in [0.4, 0.5) is 0 Å². The topological polar surface area (TPSA) is 78.4 Å². The molecule has 0 radical (unpaired) electrons. The zero-order valence-corrected chi connectivity index (χ0v) is 11.1. The highest BCUT2D eigenvalue weighted by Crippen LogP contribution is 2.05. The largest absolute Gasteiger partial charge is 0.394 e. The lowest BCUT2D eigenvalue weighted by atomic mass is 10.2. The van der Waals surface area contributed by atoms with Gasteiger partial charge in [0.15, 0.2) is 0 Å². The summed E-state index contributed by atoms with van der Waals surface area (Å²) in [6, 6.07) is 1.53. The zero-order chi connectivity index (χ0) is 13.4. The molecule has 1 heterocycles. The van der Waals surface area contributed by atoms with Crippen LogP contribution in [0.5, 0.6) is 0 Å². The molecular formula is C12H18N2O3S. The maximum Gasteiger partial charge on any atom is 0.252 e. The van der Waals surface area contributed by atoms with Crippen molar-refractivity contribution in [3.63, 3.8) is 0 Å². The second kappa shape index (κ2) is 7.84. The number of nitrogens with one attached hydrogen (secondary N) is 2. The van der Waals surface area contributed by atoms with E-state index in [2.05, 4.69) is 10.6 Å². The molecule has 0 aliphatic rings. The van der Waals surface area contributed by atoms with Crippen molar-refractivity contribution < 1.29 is 14.7 Å². The third kappa shape index (κ3) is 4.85. The monoisotopic (exact) mass is 270 g/mol. The van der Waals surface area contributed by atoms with Crippen LogP contribution in [0.1, 0.15) is 30.1 Å². The Hall–Kier alpha value is -1.40. The van der Waals surface area contributed by atoms with Gasteiger partial charge >= 0.3 is 0 Å². The smallest absolute Gasteiger partial charge is 0.252 e. The van der Waals surface area contributed by atoms with Crippen molar-refractivity contribution in [3.05, 3.63) is 22.4 Å². The van der Waals surface area contributed by atoms with Gasteiger partial charge in [0.1, 0.15) is 0 Å². The zero-order valence-electron chi connectivity index (χ0n) is 10.3. The van der Waals surface area contributed by atoms with E-state index in [0.717, 1.165) is 0 Å². The number of amides is 2. The SMILES string of the molecule is CCC(CO)NC(=O)CCNC(=O)c1ccsc1. The summed E-state index contributed by atoms with van der Waals surface area (Å²) in [4.78, 5) is 23.0. The molecule has 3 N–H and O–H groups in total. The van der Waals surface area contributed by atoms with Crippen LogP contribution in [-0.2, 0) is 4.79 Å². The first kappa shape index (κ1) is 14.7. The molecule has 0 bridgehead atoms. The highest BCUT2D eigenvalue weighted by Gasteiger charge is 2.10. The molecule has 0 saturated carbocycles. The summed E-state index contributed by atoms with van der Waals surface area (Å²) in [5.41, 5.74) is 0.613. The van der Waals surface area contributed by atoms with Gasteiger partial charge in [-0.3, -0.25) is 9.59 Å². The van der Waals surface area contributed by atoms with Crippen molar-refractivity contribution in [3.8, 4) is 0 Å². The fraction of sp³-hybridized carbons (Fsp3) is 0.500. The quantitative estimate of drug-likeness (QED) is 0.684. The van der Waals surface area contributed by atoms with Gasteiger partial charge in [0.05, 0.1) is 12.6 Å². The highest BCUT2D eigenvalue weighted by atomic mass is 32.1. The summed E-state index contributed by atoms with van der Waals surface area (Å²) < 4.78 is 0. The molecule has 0 aliphatic heterocycles. The van der Waals surface area contributed by atoms with E-state index < -0.39 is 0 Å². The molecule has 1 atom stereocenters. The van der Waals surface area contributed by atoms with E-state index in [4.69, 9.17) is 5.11 Å². The number of aliphatic hydroxyl groups is 1. The molecule has 0 saturated heterocycles. The lowest BCUT2D eigenvalue weighted by Crippen LogP contribution is -2.38. The van der Waals surface area contributed by atoms with Gasteiger partial charge in [-0.1, -0.05) is 6.92 Å². The summed E-state index contributed by atoms with van der Waals surface area (Å²) in [6.07, 6.45) is 0.899. The van der Waals surface area contributed by atoms with E-state index in [0.29, 0.717) is 18.5 Å². The van der Waals surface area contributed by atoms with Crippen LogP contribution in [0.25, 0.3) is 0 Å². The normalized spacial score (nSPS) is 11.9. The first-order valence-corrected chi connectivity index (χ1v) is 6.82. The molecule has 1 aromatic rings. The van der Waals surface area contributed by atoms with E-state index in [-0.39, 0.29) is 30.9 Å². The molecule has 1 unspecified atom stereocenters. The Labute approximate surface area is 110 Å². The second-order valence-corrected chi connectivity index (χ2v) is 4.65. The Kier molecular flexibility index (Phi) is 6.38. The van der Waals surface area contributed by atoms with Crippen LogP contribution in [0, 0.1) is 0 Å². The molecule has 0 aliphatic carbocycles. The van der Waals surface area contributed by atoms with Gasteiger partial charge in [0, 0.05) is 23.9 Å². The standard InChI is InChI=1S/C12H18N2O3S/c1-2-10(7-15)14-11(16)3-5-13-12(17)9-4-6-18-8-9/h4,6,8,10,15H,2-3,5,7H2,1H3,(H,13,17)(H,14,16). The number of hydrogen-bond acceptors (Lipinski definition) is 4. The van der Waals surface area contributed by atoms with Crippen LogP contribution >= 0.6 is 11.3 Å². The minimum Gasteiger partial charge on any atom is -0.394 e. The number of thiophene rings is 1. The predicted molar refractivity (Wildman–Crippen MR) is 70.6 cm³/mol. The fourth-order valence-corrected chi connectivity index (χ4v) is 2.00. The molecule has 1 rings (SSSR count). The molecule has 0 spiro atoms. The van der Waals surface area contributed by atoms with E-state index in [1.807, 2.05) is 12.3 Å². The van der Waals surface area contributed by atoms with Crippen molar-refractivity contribution in [1.29, 1.82) is 0 Å². The van der Waals surface area contributed by atoms with Gasteiger partial charge in [-0.25, -0.2) is 0 Å². The molecule has 18 heavy (non-hydrogen) atoms. The third-order valence-corrected chi connectivity index (χ3v) is 3.18. The van der Waals surface area contributed by atoms with Crippen LogP contribution < -0.4 is 10.6 Å². The molecule has 2 amide bonds. The Bertz CT molecular complexity index is 375. The average molecular weight is 270 g/mol. The molecular weight excluding hydrogens is 252 g/mol. The first-order valence-electron chi connectivity index (χ1n) is 5.88. The minimum absolute atomic E-state index is 0.0660. The van der Waals surface area contributed by atoms with Crippen molar-refractivity contribution in [2.24, 2.45) is 0 Å². The molecule has 100 valence electrons. The van der Waals surface area contributed by atoms with Gasteiger partial charge in [0.25, 0.3) is 5.91 Å². The Balaban J connectivity index is 2.21. The fourth-order valence-electron chi connectivity index (χ4n) is 1.36. The molecule has 0 aromatic carbocycles. The molecule has 1 aromatic heterocycles. The summed E-state index contributed by atoms with van der Waals surface area (Å²) >= 11 is 1.45. The number of hydrogen-bond donors (Lipinski definition) is 3. The maximum atomic E-state index is 11.5. The van der Waals surface area contributed by atoms with Crippen LogP contribution in [0.3, 0.4) is 0 Å². The van der Waals surface area contributed by atoms with Crippen molar-refractivity contribution in [2.75, 3.05) is 13.2 Å². The summed E-state index contributed by atoms with van der Waals surface area (Å²) in [7, 11) is 0.